The highest BCUT2D eigenvalue weighted by Gasteiger charge is 1.89. The van der Waals surface area contributed by atoms with E-state index in [1.807, 2.05) is 0 Å². The lowest BCUT2D eigenvalue weighted by atomic mass is 10.6. The lowest BCUT2D eigenvalue weighted by Crippen LogP contribution is -2.12. The fourth-order valence-electron chi connectivity index (χ4n) is 0.295. The van der Waals surface area contributed by atoms with Crippen LogP contribution < -0.4 is 5.32 Å². The average Bonchev–Trinajstić information content (AvgIpc) is 1.87. The fraction of sp³-hybridized carbons (Fsp3) is 0.333. The van der Waals surface area contributed by atoms with E-state index in [1.54, 1.807) is 0 Å². The maximum atomic E-state index is 10.3. The maximum Gasteiger partial charge on any atom is 0.331 e. The van der Waals surface area contributed by atoms with Crippen LogP contribution in [0.5, 0.6) is 0 Å². The van der Waals surface area contributed by atoms with Crippen molar-refractivity contribution in [3.63, 3.8) is 0 Å². The molecular weight excluding hydrogens is 134 g/mol. The summed E-state index contributed by atoms with van der Waals surface area (Å²) in [6.07, 6.45) is 2.36. The SMILES string of the molecule is COC(=O)C=CNC(C)=O. The van der Waals surface area contributed by atoms with E-state index in [4.69, 9.17) is 0 Å². The number of ether oxygens (including phenoxy) is 1. The van der Waals surface area contributed by atoms with Crippen molar-refractivity contribution < 1.29 is 14.3 Å². The molecule has 0 radical (unpaired) electrons. The highest BCUT2D eigenvalue weighted by Crippen LogP contribution is 1.74. The molecule has 0 aromatic heterocycles. The Morgan fingerprint density at radius 1 is 1.50 bits per heavy atom. The molecule has 0 atom stereocenters. The summed E-state index contributed by atoms with van der Waals surface area (Å²) >= 11 is 0. The lowest BCUT2D eigenvalue weighted by molar-refractivity contribution is -0.134. The van der Waals surface area contributed by atoms with E-state index < -0.39 is 5.97 Å². The van der Waals surface area contributed by atoms with Crippen LogP contribution in [0.15, 0.2) is 12.3 Å². The molecule has 1 amide bonds. The summed E-state index contributed by atoms with van der Waals surface area (Å²) in [6, 6.07) is 0. The number of rotatable bonds is 2. The Kier molecular flexibility index (Phi) is 3.95. The van der Waals surface area contributed by atoms with Crippen molar-refractivity contribution in [1.29, 1.82) is 0 Å². The molecule has 0 rings (SSSR count). The summed E-state index contributed by atoms with van der Waals surface area (Å²) in [5, 5.41) is 2.29. The molecule has 0 saturated heterocycles. The van der Waals surface area contributed by atoms with Crippen molar-refractivity contribution in [3.05, 3.63) is 12.3 Å². The maximum absolute atomic E-state index is 10.3. The largest absolute Gasteiger partial charge is 0.466 e. The van der Waals surface area contributed by atoms with Crippen molar-refractivity contribution in [2.24, 2.45) is 0 Å². The third-order valence-corrected chi connectivity index (χ3v) is 0.707. The standard InChI is InChI=1S/C6H9NO3/c1-5(8)7-4-3-6(9)10-2/h3-4H,1-2H3,(H,7,8). The third-order valence-electron chi connectivity index (χ3n) is 0.707. The summed E-state index contributed by atoms with van der Waals surface area (Å²) in [5.74, 6) is -0.714. The monoisotopic (exact) mass is 143 g/mol. The van der Waals surface area contributed by atoms with Gasteiger partial charge in [0, 0.05) is 19.2 Å². The van der Waals surface area contributed by atoms with E-state index in [-0.39, 0.29) is 5.91 Å². The van der Waals surface area contributed by atoms with Gasteiger partial charge in [-0.05, 0) is 0 Å². The fourth-order valence-corrected chi connectivity index (χ4v) is 0.295. The number of nitrogens with one attached hydrogen (secondary N) is 1. The van der Waals surface area contributed by atoms with E-state index in [0.29, 0.717) is 0 Å². The summed E-state index contributed by atoms with van der Waals surface area (Å²) < 4.78 is 4.25. The Balaban J connectivity index is 3.56. The summed E-state index contributed by atoms with van der Waals surface area (Å²) in [6.45, 7) is 1.35. The van der Waals surface area contributed by atoms with Crippen LogP contribution in [0.1, 0.15) is 6.92 Å². The van der Waals surface area contributed by atoms with Crippen molar-refractivity contribution in [3.8, 4) is 0 Å². The first kappa shape index (κ1) is 8.68. The molecule has 56 valence electrons. The number of esters is 1. The molecule has 0 saturated carbocycles. The summed E-state index contributed by atoms with van der Waals surface area (Å²) in [7, 11) is 1.26. The highest BCUT2D eigenvalue weighted by atomic mass is 16.5. The van der Waals surface area contributed by atoms with Crippen LogP contribution in [0.2, 0.25) is 0 Å². The van der Waals surface area contributed by atoms with E-state index in [2.05, 4.69) is 10.1 Å². The van der Waals surface area contributed by atoms with Gasteiger partial charge < -0.3 is 10.1 Å². The molecule has 0 heterocycles. The van der Waals surface area contributed by atoms with Crippen molar-refractivity contribution in [1.82, 2.24) is 5.32 Å². The first-order chi connectivity index (χ1) is 4.66. The molecule has 0 unspecified atom stereocenters. The van der Waals surface area contributed by atoms with Crippen molar-refractivity contribution >= 4 is 11.9 Å². The second kappa shape index (κ2) is 4.55. The molecule has 0 aliphatic rings. The highest BCUT2D eigenvalue weighted by molar-refractivity contribution is 5.83. The summed E-state index contributed by atoms with van der Waals surface area (Å²) in [4.78, 5) is 20.5. The van der Waals surface area contributed by atoms with Crippen LogP contribution in [0.4, 0.5) is 0 Å². The van der Waals surface area contributed by atoms with E-state index in [0.717, 1.165) is 6.08 Å². The third kappa shape index (κ3) is 4.83. The number of carbonyl (C=O) groups excluding carboxylic acids is 2. The van der Waals surface area contributed by atoms with E-state index in [9.17, 15) is 9.59 Å². The Morgan fingerprint density at radius 2 is 2.10 bits per heavy atom. The predicted molar refractivity (Wildman–Crippen MR) is 35.0 cm³/mol. The zero-order valence-electron chi connectivity index (χ0n) is 5.88. The first-order valence-corrected chi connectivity index (χ1v) is 2.68. The quantitative estimate of drug-likeness (QED) is 0.430. The Bertz CT molecular complexity index is 162. The van der Waals surface area contributed by atoms with Gasteiger partial charge in [0.25, 0.3) is 0 Å². The van der Waals surface area contributed by atoms with Crippen LogP contribution in [0, 0.1) is 0 Å². The number of methoxy groups -OCH3 is 1. The van der Waals surface area contributed by atoms with Gasteiger partial charge in [-0.1, -0.05) is 0 Å². The Labute approximate surface area is 58.9 Å². The van der Waals surface area contributed by atoms with Crippen LogP contribution in [-0.4, -0.2) is 19.0 Å². The molecule has 0 bridgehead atoms. The molecule has 4 heteroatoms. The van der Waals surface area contributed by atoms with Gasteiger partial charge >= 0.3 is 5.97 Å². The Hall–Kier alpha value is -1.32. The minimum Gasteiger partial charge on any atom is -0.466 e. The van der Waals surface area contributed by atoms with Gasteiger partial charge in [0.05, 0.1) is 7.11 Å². The molecule has 0 aromatic carbocycles. The lowest BCUT2D eigenvalue weighted by Gasteiger charge is -1.90. The number of amides is 1. The van der Waals surface area contributed by atoms with Crippen molar-refractivity contribution in [2.75, 3.05) is 7.11 Å². The Morgan fingerprint density at radius 3 is 2.50 bits per heavy atom. The van der Waals surface area contributed by atoms with E-state index in [1.165, 1.54) is 20.2 Å². The molecule has 4 nitrogen and oxygen atoms in total. The normalized spacial score (nSPS) is 9.40. The van der Waals surface area contributed by atoms with Crippen LogP contribution in [-0.2, 0) is 14.3 Å². The zero-order valence-corrected chi connectivity index (χ0v) is 5.88. The predicted octanol–water partition coefficient (Wildman–Crippen LogP) is -0.191. The van der Waals surface area contributed by atoms with Gasteiger partial charge in [0.2, 0.25) is 5.91 Å². The summed E-state index contributed by atoms with van der Waals surface area (Å²) in [5.41, 5.74) is 0. The topological polar surface area (TPSA) is 55.4 Å². The zero-order chi connectivity index (χ0) is 7.98. The molecule has 0 aliphatic carbocycles. The number of hydrogen-bond acceptors (Lipinski definition) is 3. The second-order valence-electron chi connectivity index (χ2n) is 1.56. The van der Waals surface area contributed by atoms with Gasteiger partial charge in [-0.2, -0.15) is 0 Å². The van der Waals surface area contributed by atoms with Gasteiger partial charge in [0.1, 0.15) is 0 Å². The van der Waals surface area contributed by atoms with Crippen molar-refractivity contribution in [2.45, 2.75) is 6.92 Å². The van der Waals surface area contributed by atoms with Gasteiger partial charge in [-0.3, -0.25) is 4.79 Å². The van der Waals surface area contributed by atoms with Crippen LogP contribution >= 0.6 is 0 Å². The van der Waals surface area contributed by atoms with Gasteiger partial charge in [0.15, 0.2) is 0 Å². The molecule has 10 heavy (non-hydrogen) atoms. The molecular formula is C6H9NO3. The van der Waals surface area contributed by atoms with E-state index >= 15 is 0 Å². The van der Waals surface area contributed by atoms with Crippen LogP contribution in [0.25, 0.3) is 0 Å². The van der Waals surface area contributed by atoms with Gasteiger partial charge in [-0.15, -0.1) is 0 Å². The number of carbonyl (C=O) groups is 2. The van der Waals surface area contributed by atoms with Gasteiger partial charge in [-0.25, -0.2) is 4.79 Å². The average molecular weight is 143 g/mol. The minimum absolute atomic E-state index is 0.222. The first-order valence-electron chi connectivity index (χ1n) is 2.68. The number of hydrogen-bond donors (Lipinski definition) is 1. The van der Waals surface area contributed by atoms with Crippen LogP contribution in [0.3, 0.4) is 0 Å². The minimum atomic E-state index is -0.492. The molecule has 1 N–H and O–H groups in total. The molecule has 0 aliphatic heterocycles. The molecule has 0 spiro atoms. The second-order valence-corrected chi connectivity index (χ2v) is 1.56. The molecule has 0 aromatic rings. The smallest absolute Gasteiger partial charge is 0.331 e. The molecule has 0 fully saturated rings.